The van der Waals surface area contributed by atoms with E-state index in [9.17, 15) is 5.11 Å². The van der Waals surface area contributed by atoms with Gasteiger partial charge in [-0.2, -0.15) is 5.10 Å². The number of aromatic hydroxyl groups is 1. The van der Waals surface area contributed by atoms with Gasteiger partial charge in [-0.25, -0.2) is 14.5 Å². The average molecular weight is 748 g/mol. The number of nitrogens with zero attached hydrogens (tertiary/aromatic N) is 5. The van der Waals surface area contributed by atoms with Gasteiger partial charge in [0.05, 0.1) is 11.5 Å². The Morgan fingerprint density at radius 1 is 0.721 bits per heavy atom. The van der Waals surface area contributed by atoms with Gasteiger partial charge in [0.2, 0.25) is 0 Å². The summed E-state index contributed by atoms with van der Waals surface area (Å²) in [6.07, 6.45) is 1.62. The van der Waals surface area contributed by atoms with E-state index >= 15 is 0 Å². The Hall–Kier alpha value is -4.28. The molecule has 0 saturated carbocycles. The van der Waals surface area contributed by atoms with Gasteiger partial charge in [0.1, 0.15) is 17.8 Å². The zero-order valence-electron chi connectivity index (χ0n) is 24.9. The van der Waals surface area contributed by atoms with Crippen molar-refractivity contribution < 1.29 is 26.2 Å². The molecule has 0 spiro atoms. The maximum Gasteiger partial charge on any atom is 0.141 e. The first-order chi connectivity index (χ1) is 20.3. The number of phenols is 1. The van der Waals surface area contributed by atoms with E-state index in [0.29, 0.717) is 5.69 Å². The van der Waals surface area contributed by atoms with Crippen LogP contribution in [0.15, 0.2) is 97.3 Å². The molecule has 0 bridgehead atoms. The van der Waals surface area contributed by atoms with Crippen molar-refractivity contribution in [2.24, 2.45) is 0 Å². The molecule has 43 heavy (non-hydrogen) atoms. The van der Waals surface area contributed by atoms with Crippen molar-refractivity contribution in [3.8, 4) is 50.9 Å². The van der Waals surface area contributed by atoms with Crippen molar-refractivity contribution in [2.75, 3.05) is 0 Å². The predicted octanol–water partition coefficient (Wildman–Crippen LogP) is 8.51. The smallest absolute Gasteiger partial charge is 0.141 e. The maximum absolute atomic E-state index is 10.4. The molecular formula is C36H34N5OPt-. The van der Waals surface area contributed by atoms with Crippen molar-refractivity contribution in [3.05, 3.63) is 120 Å². The largest absolute Gasteiger partial charge is 0.506 e. The Kier molecular flexibility index (Phi) is 8.79. The number of rotatable bonds is 7. The molecule has 0 radical (unpaired) electrons. The van der Waals surface area contributed by atoms with E-state index in [2.05, 4.69) is 70.2 Å². The third-order valence-corrected chi connectivity index (χ3v) is 7.59. The number of hydrogen-bond acceptors (Lipinski definition) is 4. The average Bonchev–Trinajstić information content (AvgIpc) is 3.64. The van der Waals surface area contributed by atoms with Gasteiger partial charge in [0, 0.05) is 32.5 Å². The van der Waals surface area contributed by atoms with Crippen LogP contribution in [0.25, 0.3) is 45.1 Å². The minimum Gasteiger partial charge on any atom is -0.506 e. The molecule has 1 N–H and O–H groups in total. The van der Waals surface area contributed by atoms with Gasteiger partial charge in [-0.15, -0.1) is 24.3 Å². The molecule has 0 aliphatic carbocycles. The number of phenolic OH excluding ortho intramolecular Hbond substituents is 1. The first kappa shape index (κ1) is 30.2. The standard InChI is InChI=1S/C36H34N5O.Pt/c1-23(2)30-20-29(26-12-7-6-8-13-26)21-31(24(3)4)35(30)41-36(37-22-38-41)28-15-11-14-27(19-28)32-18-25(5)40(39-32)33-16-9-10-17-34(33)42;/h6-18,20-24,42H,1-5H3;/q-1;. The first-order valence-corrected chi connectivity index (χ1v) is 14.3. The Labute approximate surface area is 267 Å². The fourth-order valence-corrected chi connectivity index (χ4v) is 5.43. The van der Waals surface area contributed by atoms with E-state index in [1.165, 1.54) is 22.3 Å². The minimum absolute atomic E-state index is 0. The summed E-state index contributed by atoms with van der Waals surface area (Å²) in [5, 5.41) is 20.0. The van der Waals surface area contributed by atoms with Crippen LogP contribution in [0.2, 0.25) is 0 Å². The van der Waals surface area contributed by atoms with Crippen LogP contribution in [0, 0.1) is 13.0 Å². The van der Waals surface area contributed by atoms with Crippen LogP contribution in [-0.4, -0.2) is 29.7 Å². The summed E-state index contributed by atoms with van der Waals surface area (Å²) >= 11 is 0. The van der Waals surface area contributed by atoms with E-state index in [4.69, 9.17) is 15.2 Å². The molecule has 4 aromatic carbocycles. The molecule has 6 aromatic rings. The molecule has 0 saturated heterocycles. The molecule has 2 aromatic heterocycles. The van der Waals surface area contributed by atoms with E-state index in [1.807, 2.05) is 54.1 Å². The number of aryl methyl sites for hydroxylation is 1. The summed E-state index contributed by atoms with van der Waals surface area (Å²) in [4.78, 5) is 4.72. The summed E-state index contributed by atoms with van der Waals surface area (Å²) in [5.74, 6) is 1.45. The number of aromatic nitrogens is 5. The molecule has 0 aliphatic rings. The monoisotopic (exact) mass is 747 g/mol. The third kappa shape index (κ3) is 5.85. The molecule has 0 unspecified atom stereocenters. The Morgan fingerprint density at radius 2 is 1.37 bits per heavy atom. The SMILES string of the molecule is Cc1cc(-c2[c-]c(-c3ncnn3-c3c(C(C)C)cc(-c4ccccc4)cc3C(C)C)ccc2)nn1-c1ccccc1O.[Pt]. The van der Waals surface area contributed by atoms with E-state index < -0.39 is 0 Å². The quantitative estimate of drug-likeness (QED) is 0.167. The van der Waals surface area contributed by atoms with Crippen molar-refractivity contribution in [1.29, 1.82) is 0 Å². The second-order valence-corrected chi connectivity index (χ2v) is 11.2. The van der Waals surface area contributed by atoms with Gasteiger partial charge in [-0.1, -0.05) is 81.3 Å². The minimum atomic E-state index is 0. The van der Waals surface area contributed by atoms with Gasteiger partial charge in [-0.05, 0) is 71.3 Å². The summed E-state index contributed by atoms with van der Waals surface area (Å²) in [7, 11) is 0. The second-order valence-electron chi connectivity index (χ2n) is 11.2. The van der Waals surface area contributed by atoms with Gasteiger partial charge in [0.25, 0.3) is 0 Å². The molecule has 7 heteroatoms. The van der Waals surface area contributed by atoms with E-state index in [0.717, 1.165) is 34.0 Å². The Morgan fingerprint density at radius 3 is 2.05 bits per heavy atom. The third-order valence-electron chi connectivity index (χ3n) is 7.59. The number of benzene rings is 4. The van der Waals surface area contributed by atoms with Crippen LogP contribution in [0.4, 0.5) is 0 Å². The van der Waals surface area contributed by atoms with Crippen molar-refractivity contribution >= 4 is 0 Å². The Bertz CT molecular complexity index is 1840. The summed E-state index contributed by atoms with van der Waals surface area (Å²) in [5.41, 5.74) is 9.91. The van der Waals surface area contributed by atoms with Crippen LogP contribution in [0.1, 0.15) is 56.4 Å². The number of hydrogen-bond donors (Lipinski definition) is 1. The topological polar surface area (TPSA) is 68.8 Å². The first-order valence-electron chi connectivity index (χ1n) is 14.3. The summed E-state index contributed by atoms with van der Waals surface area (Å²) in [6.45, 7) is 10.9. The molecular weight excluding hydrogens is 714 g/mol. The second kappa shape index (κ2) is 12.5. The van der Waals surface area contributed by atoms with Crippen LogP contribution < -0.4 is 0 Å². The van der Waals surface area contributed by atoms with Gasteiger partial charge >= 0.3 is 0 Å². The molecule has 0 aliphatic heterocycles. The molecule has 6 rings (SSSR count). The molecule has 220 valence electrons. The molecule has 6 nitrogen and oxygen atoms in total. The predicted molar refractivity (Wildman–Crippen MR) is 168 cm³/mol. The maximum atomic E-state index is 10.4. The van der Waals surface area contributed by atoms with E-state index in [-0.39, 0.29) is 38.7 Å². The van der Waals surface area contributed by atoms with Gasteiger partial charge < -0.3 is 5.11 Å². The van der Waals surface area contributed by atoms with Crippen LogP contribution in [0.5, 0.6) is 5.75 Å². The summed E-state index contributed by atoms with van der Waals surface area (Å²) in [6, 6.07) is 33.9. The zero-order chi connectivity index (χ0) is 29.4. The number of para-hydroxylation sites is 2. The normalized spacial score (nSPS) is 11.2. The molecule has 0 atom stereocenters. The fourth-order valence-electron chi connectivity index (χ4n) is 5.43. The van der Waals surface area contributed by atoms with Crippen LogP contribution in [0.3, 0.4) is 0 Å². The molecule has 0 amide bonds. The van der Waals surface area contributed by atoms with Gasteiger partial charge in [-0.3, -0.25) is 4.98 Å². The Balaban J connectivity index is 0.00000368. The van der Waals surface area contributed by atoms with Crippen LogP contribution >= 0.6 is 0 Å². The zero-order valence-corrected chi connectivity index (χ0v) is 27.2. The molecule has 2 heterocycles. The molecule has 0 fully saturated rings. The fraction of sp³-hybridized carbons (Fsp3) is 0.194. The van der Waals surface area contributed by atoms with E-state index in [1.54, 1.807) is 23.1 Å². The van der Waals surface area contributed by atoms with Crippen molar-refractivity contribution in [2.45, 2.75) is 46.5 Å². The van der Waals surface area contributed by atoms with Crippen molar-refractivity contribution in [1.82, 2.24) is 24.5 Å². The van der Waals surface area contributed by atoms with Crippen LogP contribution in [-0.2, 0) is 21.1 Å². The summed E-state index contributed by atoms with van der Waals surface area (Å²) < 4.78 is 3.73. The van der Waals surface area contributed by atoms with Gasteiger partial charge in [0.15, 0.2) is 0 Å². The van der Waals surface area contributed by atoms with Crippen molar-refractivity contribution in [3.63, 3.8) is 0 Å².